The summed E-state index contributed by atoms with van der Waals surface area (Å²) in [6, 6.07) is 6.89. The molecule has 0 bridgehead atoms. The van der Waals surface area contributed by atoms with Gasteiger partial charge in [-0.2, -0.15) is 13.2 Å². The molecular weight excluding hydrogens is 364 g/mol. The van der Waals surface area contributed by atoms with Gasteiger partial charge in [0.2, 0.25) is 11.9 Å². The quantitative estimate of drug-likeness (QED) is 0.567. The number of amides is 1. The number of carbonyl (C=O) groups excluding carboxylic acids is 1. The van der Waals surface area contributed by atoms with E-state index >= 15 is 0 Å². The molecule has 0 aliphatic rings. The Morgan fingerprint density at radius 3 is 2.63 bits per heavy atom. The number of hydrogen-bond donors (Lipinski definition) is 3. The summed E-state index contributed by atoms with van der Waals surface area (Å²) < 4.78 is 52.3. The number of H-pyrrole nitrogens is 1. The van der Waals surface area contributed by atoms with Gasteiger partial charge in [0.15, 0.2) is 0 Å². The number of carbonyl (C=O) groups is 1. The molecule has 3 N–H and O–H groups in total. The second kappa shape index (κ2) is 6.90. The van der Waals surface area contributed by atoms with Crippen LogP contribution in [0.3, 0.4) is 0 Å². The lowest BCUT2D eigenvalue weighted by molar-refractivity contribution is -0.137. The Bertz CT molecular complexity index is 997. The Labute approximate surface area is 151 Å². The summed E-state index contributed by atoms with van der Waals surface area (Å²) in [5.74, 6) is -0.938. The summed E-state index contributed by atoms with van der Waals surface area (Å²) >= 11 is 0. The zero-order valence-corrected chi connectivity index (χ0v) is 14.4. The summed E-state index contributed by atoms with van der Waals surface area (Å²) in [5, 5.41) is 5.57. The standard InChI is InChI=1S/C18H16F4N4O/c1-9(11-6-12(18(20,21)22)8-13(19)7-11)23-17-25-15-5-3-4-14(16(15)26-17)24-10(2)27/h3-9H,1-2H3,(H,24,27)(H2,23,25,26)/t9-/m0/s1. The van der Waals surface area contributed by atoms with E-state index in [0.29, 0.717) is 22.8 Å². The summed E-state index contributed by atoms with van der Waals surface area (Å²) in [6.45, 7) is 2.96. The number of anilines is 2. The molecule has 0 radical (unpaired) electrons. The maximum absolute atomic E-state index is 13.6. The number of rotatable bonds is 4. The van der Waals surface area contributed by atoms with Gasteiger partial charge < -0.3 is 15.6 Å². The molecule has 142 valence electrons. The number of benzene rings is 2. The second-order valence-electron chi connectivity index (χ2n) is 6.11. The van der Waals surface area contributed by atoms with Crippen molar-refractivity contribution in [1.29, 1.82) is 0 Å². The van der Waals surface area contributed by atoms with Crippen LogP contribution in [0.25, 0.3) is 11.0 Å². The minimum Gasteiger partial charge on any atom is -0.349 e. The van der Waals surface area contributed by atoms with E-state index in [0.717, 1.165) is 12.1 Å². The van der Waals surface area contributed by atoms with Gasteiger partial charge in [0, 0.05) is 6.92 Å². The number of nitrogens with zero attached hydrogens (tertiary/aromatic N) is 1. The first kappa shape index (κ1) is 18.7. The maximum atomic E-state index is 13.6. The number of aromatic nitrogens is 2. The fourth-order valence-electron chi connectivity index (χ4n) is 2.71. The fourth-order valence-corrected chi connectivity index (χ4v) is 2.71. The molecule has 3 aromatic rings. The number of aromatic amines is 1. The average Bonchev–Trinajstić information content (AvgIpc) is 2.96. The Morgan fingerprint density at radius 2 is 1.96 bits per heavy atom. The molecule has 0 fully saturated rings. The largest absolute Gasteiger partial charge is 0.416 e. The Morgan fingerprint density at radius 1 is 1.22 bits per heavy atom. The highest BCUT2D eigenvalue weighted by atomic mass is 19.4. The van der Waals surface area contributed by atoms with E-state index in [1.54, 1.807) is 25.1 Å². The molecule has 0 saturated carbocycles. The van der Waals surface area contributed by atoms with Crippen LogP contribution in [0.15, 0.2) is 36.4 Å². The first-order valence-corrected chi connectivity index (χ1v) is 8.04. The van der Waals surface area contributed by atoms with Crippen LogP contribution in [0.4, 0.5) is 29.2 Å². The van der Waals surface area contributed by atoms with Crippen LogP contribution < -0.4 is 10.6 Å². The third-order valence-corrected chi connectivity index (χ3v) is 3.92. The van der Waals surface area contributed by atoms with Gasteiger partial charge in [-0.05, 0) is 42.8 Å². The molecule has 3 rings (SSSR count). The summed E-state index contributed by atoms with van der Waals surface area (Å²) in [7, 11) is 0. The highest BCUT2D eigenvalue weighted by Crippen LogP contribution is 2.32. The second-order valence-corrected chi connectivity index (χ2v) is 6.11. The number of hydrogen-bond acceptors (Lipinski definition) is 3. The summed E-state index contributed by atoms with van der Waals surface area (Å²) in [6.07, 6.45) is -4.64. The molecule has 1 heterocycles. The molecule has 9 heteroatoms. The van der Waals surface area contributed by atoms with Crippen LogP contribution in [-0.2, 0) is 11.0 Å². The maximum Gasteiger partial charge on any atom is 0.416 e. The van der Waals surface area contributed by atoms with Crippen molar-refractivity contribution < 1.29 is 22.4 Å². The van der Waals surface area contributed by atoms with Gasteiger partial charge in [-0.1, -0.05) is 6.07 Å². The molecular formula is C18H16F4N4O. The lowest BCUT2D eigenvalue weighted by Crippen LogP contribution is -2.11. The molecule has 0 aliphatic heterocycles. The van der Waals surface area contributed by atoms with Crippen molar-refractivity contribution in [2.24, 2.45) is 0 Å². The molecule has 1 atom stereocenters. The zero-order valence-electron chi connectivity index (χ0n) is 14.4. The van der Waals surface area contributed by atoms with E-state index in [-0.39, 0.29) is 17.4 Å². The molecule has 2 aromatic carbocycles. The predicted octanol–water partition coefficient (Wildman–Crippen LogP) is 4.85. The number of halogens is 4. The normalized spacial score (nSPS) is 12.8. The van der Waals surface area contributed by atoms with E-state index < -0.39 is 23.6 Å². The number of nitrogens with one attached hydrogen (secondary N) is 3. The third-order valence-electron chi connectivity index (χ3n) is 3.92. The van der Waals surface area contributed by atoms with Gasteiger partial charge in [0.1, 0.15) is 11.3 Å². The minimum absolute atomic E-state index is 0.130. The summed E-state index contributed by atoms with van der Waals surface area (Å²) in [4.78, 5) is 18.6. The number of imidazole rings is 1. The van der Waals surface area contributed by atoms with E-state index in [4.69, 9.17) is 0 Å². The SMILES string of the molecule is CC(=O)Nc1cccc2[nH]c(N[C@@H](C)c3cc(F)cc(C(F)(F)F)c3)nc12. The zero-order chi connectivity index (χ0) is 19.8. The predicted molar refractivity (Wildman–Crippen MR) is 93.8 cm³/mol. The topological polar surface area (TPSA) is 69.8 Å². The van der Waals surface area contributed by atoms with Gasteiger partial charge in [0.25, 0.3) is 0 Å². The first-order valence-electron chi connectivity index (χ1n) is 8.04. The van der Waals surface area contributed by atoms with Crippen molar-refractivity contribution in [1.82, 2.24) is 9.97 Å². The van der Waals surface area contributed by atoms with Gasteiger partial charge in [0.05, 0.1) is 22.8 Å². The average molecular weight is 380 g/mol. The Hall–Kier alpha value is -3.10. The van der Waals surface area contributed by atoms with Crippen molar-refractivity contribution >= 4 is 28.6 Å². The highest BCUT2D eigenvalue weighted by Gasteiger charge is 2.31. The third kappa shape index (κ3) is 4.18. The van der Waals surface area contributed by atoms with E-state index in [1.165, 1.54) is 6.92 Å². The molecule has 0 unspecified atom stereocenters. The smallest absolute Gasteiger partial charge is 0.349 e. The minimum atomic E-state index is -4.64. The number of para-hydroxylation sites is 1. The van der Waals surface area contributed by atoms with Crippen LogP contribution in [0.2, 0.25) is 0 Å². The monoisotopic (exact) mass is 380 g/mol. The lowest BCUT2D eigenvalue weighted by atomic mass is 10.0. The molecule has 0 aliphatic carbocycles. The molecule has 0 spiro atoms. The van der Waals surface area contributed by atoms with Gasteiger partial charge in [-0.3, -0.25) is 4.79 Å². The van der Waals surface area contributed by atoms with Crippen molar-refractivity contribution in [3.63, 3.8) is 0 Å². The molecule has 27 heavy (non-hydrogen) atoms. The van der Waals surface area contributed by atoms with Crippen LogP contribution in [0.1, 0.15) is 31.0 Å². The summed E-state index contributed by atoms with van der Waals surface area (Å²) in [5.41, 5.74) is 0.708. The van der Waals surface area contributed by atoms with Crippen LogP contribution in [0.5, 0.6) is 0 Å². The van der Waals surface area contributed by atoms with E-state index in [1.807, 2.05) is 0 Å². The molecule has 1 aromatic heterocycles. The Kier molecular flexibility index (Phi) is 4.77. The van der Waals surface area contributed by atoms with Crippen molar-refractivity contribution in [3.8, 4) is 0 Å². The van der Waals surface area contributed by atoms with Gasteiger partial charge >= 0.3 is 6.18 Å². The first-order chi connectivity index (χ1) is 12.6. The van der Waals surface area contributed by atoms with E-state index in [2.05, 4.69) is 20.6 Å². The fraction of sp³-hybridized carbons (Fsp3) is 0.222. The van der Waals surface area contributed by atoms with Crippen LogP contribution in [0, 0.1) is 5.82 Å². The number of fused-ring (bicyclic) bond motifs is 1. The molecule has 0 saturated heterocycles. The molecule has 1 amide bonds. The Balaban J connectivity index is 1.89. The van der Waals surface area contributed by atoms with E-state index in [9.17, 15) is 22.4 Å². The van der Waals surface area contributed by atoms with Crippen molar-refractivity contribution in [2.45, 2.75) is 26.1 Å². The number of alkyl halides is 3. The van der Waals surface area contributed by atoms with Gasteiger partial charge in [-0.15, -0.1) is 0 Å². The molecule has 5 nitrogen and oxygen atoms in total. The highest BCUT2D eigenvalue weighted by molar-refractivity contribution is 5.99. The van der Waals surface area contributed by atoms with Crippen molar-refractivity contribution in [3.05, 3.63) is 53.3 Å². The van der Waals surface area contributed by atoms with Crippen molar-refractivity contribution in [2.75, 3.05) is 10.6 Å². The van der Waals surface area contributed by atoms with Gasteiger partial charge in [-0.25, -0.2) is 9.37 Å². The van der Waals surface area contributed by atoms with Crippen LogP contribution in [-0.4, -0.2) is 15.9 Å². The lowest BCUT2D eigenvalue weighted by Gasteiger charge is -2.16. The van der Waals surface area contributed by atoms with Crippen LogP contribution >= 0.6 is 0 Å².